The summed E-state index contributed by atoms with van der Waals surface area (Å²) in [5.41, 5.74) is 1.15. The minimum atomic E-state index is -1.18. The topological polar surface area (TPSA) is 129 Å². The van der Waals surface area contributed by atoms with Gasteiger partial charge in [-0.25, -0.2) is 4.98 Å². The number of hydrogen-bond acceptors (Lipinski definition) is 7. The lowest BCUT2D eigenvalue weighted by molar-refractivity contribution is -0.270. The highest BCUT2D eigenvalue weighted by molar-refractivity contribution is 6.03. The van der Waals surface area contributed by atoms with Gasteiger partial charge in [0.2, 0.25) is 0 Å². The molecule has 0 radical (unpaired) electrons. The maximum absolute atomic E-state index is 13.0. The first-order valence-electron chi connectivity index (χ1n) is 14.0. The Morgan fingerprint density at radius 3 is 2.38 bits per heavy atom. The van der Waals surface area contributed by atoms with E-state index in [-0.39, 0.29) is 29.1 Å². The Morgan fingerprint density at radius 1 is 1.12 bits per heavy atom. The number of rotatable bonds is 4. The molecule has 6 rings (SSSR count). The molecule has 1 amide bonds. The van der Waals surface area contributed by atoms with Gasteiger partial charge in [0.25, 0.3) is 5.91 Å². The Kier molecular flexibility index (Phi) is 5.93. The number of fused-ring (bicyclic) bond motifs is 5. The zero-order valence-corrected chi connectivity index (χ0v) is 24.1. The number of allylic oxidation sites excluding steroid dienone is 2. The van der Waals surface area contributed by atoms with E-state index in [0.29, 0.717) is 18.5 Å². The third kappa shape index (κ3) is 4.47. The van der Waals surface area contributed by atoms with E-state index in [9.17, 15) is 9.90 Å². The molecule has 2 aromatic rings. The summed E-state index contributed by atoms with van der Waals surface area (Å²) in [6.45, 7) is 12.4. The van der Waals surface area contributed by atoms with Crippen molar-refractivity contribution in [1.29, 1.82) is 5.26 Å². The zero-order chi connectivity index (χ0) is 28.7. The Morgan fingerprint density at radius 2 is 1.80 bits per heavy atom. The van der Waals surface area contributed by atoms with Crippen molar-refractivity contribution in [1.82, 2.24) is 9.97 Å². The number of H-pyrrole nitrogens is 1. The highest BCUT2D eigenvalue weighted by Crippen LogP contribution is 2.60. The fourth-order valence-corrected chi connectivity index (χ4v) is 7.21. The van der Waals surface area contributed by atoms with E-state index in [4.69, 9.17) is 19.5 Å². The molecule has 3 N–H and O–H groups in total. The van der Waals surface area contributed by atoms with Gasteiger partial charge in [-0.15, -0.1) is 0 Å². The number of ether oxygens (including phenoxy) is 3. The highest BCUT2D eigenvalue weighted by atomic mass is 16.8. The lowest BCUT2D eigenvalue weighted by atomic mass is 9.74. The van der Waals surface area contributed by atoms with Crippen LogP contribution in [0, 0.1) is 16.7 Å². The first-order valence-corrected chi connectivity index (χ1v) is 14.0. The Labute approximate surface area is 234 Å². The second-order valence-corrected chi connectivity index (χ2v) is 13.6. The summed E-state index contributed by atoms with van der Waals surface area (Å²) in [5, 5.41) is 24.4. The molecule has 2 bridgehead atoms. The molecule has 212 valence electrons. The Bertz CT molecular complexity index is 1420. The summed E-state index contributed by atoms with van der Waals surface area (Å²) in [6, 6.07) is 7.69. The second kappa shape index (κ2) is 8.73. The molecule has 4 heterocycles. The van der Waals surface area contributed by atoms with E-state index in [0.717, 1.165) is 36.0 Å². The number of hydrogen-bond donors (Lipinski definition) is 3. The lowest BCUT2D eigenvalue weighted by Gasteiger charge is -2.48. The minimum Gasteiger partial charge on any atom is -0.385 e. The predicted molar refractivity (Wildman–Crippen MR) is 148 cm³/mol. The van der Waals surface area contributed by atoms with Crippen molar-refractivity contribution in [3.63, 3.8) is 0 Å². The fraction of sp³-hybridized carbons (Fsp3) is 0.581. The zero-order valence-electron chi connectivity index (χ0n) is 24.1. The molecule has 3 saturated heterocycles. The number of benzene rings is 1. The molecule has 1 unspecified atom stereocenters. The smallest absolute Gasteiger partial charge is 0.291 e. The maximum Gasteiger partial charge on any atom is 0.291 e. The minimum absolute atomic E-state index is 0.0697. The van der Waals surface area contributed by atoms with Crippen molar-refractivity contribution in [3.8, 4) is 6.07 Å². The van der Waals surface area contributed by atoms with Crippen molar-refractivity contribution in [2.24, 2.45) is 5.41 Å². The molecule has 5 atom stereocenters. The average molecular weight is 547 g/mol. The van der Waals surface area contributed by atoms with Gasteiger partial charge in [0, 0.05) is 30.3 Å². The third-order valence-corrected chi connectivity index (χ3v) is 9.08. The van der Waals surface area contributed by atoms with Crippen molar-refractivity contribution >= 4 is 17.2 Å². The van der Waals surface area contributed by atoms with Crippen LogP contribution < -0.4 is 5.32 Å². The molecule has 40 heavy (non-hydrogen) atoms. The number of aromatic nitrogens is 2. The standard InChI is InChI=1S/C31H38N4O5/c1-27(2)11-9-18(10-12-27)21-13-19(7-8-22(21)35-26(36)25-33-15-20(14-32)34-25)31(37)16-29(5)23-24(30(6,17-31)40-29)39-28(3,4)38-23/h7-9,13,15,23-24,37H,10-12,16-17H2,1-6H3,(H,33,34)(H,35,36)/t23-,24+,29+,30?,31+/m0/s1. The van der Waals surface area contributed by atoms with Gasteiger partial charge in [-0.1, -0.05) is 26.0 Å². The monoisotopic (exact) mass is 546 g/mol. The molecule has 1 aromatic carbocycles. The van der Waals surface area contributed by atoms with Crippen molar-refractivity contribution < 1.29 is 24.1 Å². The molecular weight excluding hydrogens is 508 g/mol. The summed E-state index contributed by atoms with van der Waals surface area (Å²) >= 11 is 0. The van der Waals surface area contributed by atoms with E-state index in [1.54, 1.807) is 0 Å². The highest BCUT2D eigenvalue weighted by Gasteiger charge is 2.71. The van der Waals surface area contributed by atoms with Gasteiger partial charge in [-0.05, 0) is 75.6 Å². The van der Waals surface area contributed by atoms with Gasteiger partial charge in [0.15, 0.2) is 17.3 Å². The van der Waals surface area contributed by atoms with Gasteiger partial charge in [0.1, 0.15) is 18.3 Å². The van der Waals surface area contributed by atoms with Crippen LogP contribution in [-0.4, -0.2) is 50.2 Å². The molecule has 0 spiro atoms. The van der Waals surface area contributed by atoms with Crippen molar-refractivity contribution in [3.05, 3.63) is 53.1 Å². The lowest BCUT2D eigenvalue weighted by Crippen LogP contribution is -2.53. The van der Waals surface area contributed by atoms with Gasteiger partial charge in [-0.3, -0.25) is 4.79 Å². The second-order valence-electron chi connectivity index (χ2n) is 13.6. The van der Waals surface area contributed by atoms with E-state index >= 15 is 0 Å². The Hall–Kier alpha value is -3.03. The van der Waals surface area contributed by atoms with Gasteiger partial charge in [0.05, 0.1) is 16.8 Å². The quantitative estimate of drug-likeness (QED) is 0.482. The molecule has 3 fully saturated rings. The fourth-order valence-electron chi connectivity index (χ4n) is 7.21. The molecule has 0 saturated carbocycles. The molecule has 4 aliphatic rings. The van der Waals surface area contributed by atoms with Crippen LogP contribution >= 0.6 is 0 Å². The summed E-state index contributed by atoms with van der Waals surface area (Å²) in [7, 11) is 0. The van der Waals surface area contributed by atoms with E-state index in [1.165, 1.54) is 6.20 Å². The number of nitriles is 1. The normalized spacial score (nSPS) is 35.5. The number of imidazole rings is 1. The molecule has 3 aliphatic heterocycles. The number of anilines is 1. The van der Waals surface area contributed by atoms with Crippen molar-refractivity contribution in [2.75, 3.05) is 5.32 Å². The first-order chi connectivity index (χ1) is 18.6. The molecule has 9 heteroatoms. The van der Waals surface area contributed by atoms with E-state index in [2.05, 4.69) is 35.2 Å². The van der Waals surface area contributed by atoms with Crippen LogP contribution in [0.2, 0.25) is 0 Å². The van der Waals surface area contributed by atoms with Crippen LogP contribution in [-0.2, 0) is 19.8 Å². The molecule has 9 nitrogen and oxygen atoms in total. The largest absolute Gasteiger partial charge is 0.385 e. The third-order valence-electron chi connectivity index (χ3n) is 9.08. The predicted octanol–water partition coefficient (Wildman–Crippen LogP) is 5.18. The number of carbonyl (C=O) groups excluding carboxylic acids is 1. The maximum atomic E-state index is 13.0. The van der Waals surface area contributed by atoms with Crippen LogP contribution in [0.1, 0.15) is 101 Å². The molecular formula is C31H38N4O5. The summed E-state index contributed by atoms with van der Waals surface area (Å²) in [5.74, 6) is -1.06. The number of carbonyl (C=O) groups is 1. The number of aromatic amines is 1. The summed E-state index contributed by atoms with van der Waals surface area (Å²) in [6.07, 6.45) is 6.60. The van der Waals surface area contributed by atoms with Crippen LogP contribution in [0.25, 0.3) is 5.57 Å². The molecule has 1 aliphatic carbocycles. The van der Waals surface area contributed by atoms with E-state index < -0.39 is 28.5 Å². The summed E-state index contributed by atoms with van der Waals surface area (Å²) in [4.78, 5) is 19.9. The van der Waals surface area contributed by atoms with E-state index in [1.807, 2.05) is 52.0 Å². The first kappa shape index (κ1) is 27.2. The number of nitrogens with one attached hydrogen (secondary N) is 2. The van der Waals surface area contributed by atoms with Crippen LogP contribution in [0.3, 0.4) is 0 Å². The Balaban J connectivity index is 1.37. The average Bonchev–Trinajstić information content (AvgIpc) is 3.51. The van der Waals surface area contributed by atoms with Crippen LogP contribution in [0.5, 0.6) is 0 Å². The van der Waals surface area contributed by atoms with Gasteiger partial charge in [-0.2, -0.15) is 5.26 Å². The number of aliphatic hydroxyl groups is 1. The van der Waals surface area contributed by atoms with Gasteiger partial charge >= 0.3 is 0 Å². The van der Waals surface area contributed by atoms with Crippen LogP contribution in [0.4, 0.5) is 5.69 Å². The number of amides is 1. The van der Waals surface area contributed by atoms with Gasteiger partial charge < -0.3 is 29.6 Å². The number of nitrogens with zero attached hydrogens (tertiary/aromatic N) is 2. The van der Waals surface area contributed by atoms with Crippen LogP contribution in [0.15, 0.2) is 30.5 Å². The van der Waals surface area contributed by atoms with Crippen molar-refractivity contribution in [2.45, 2.75) is 108 Å². The summed E-state index contributed by atoms with van der Waals surface area (Å²) < 4.78 is 19.1. The SMILES string of the molecule is CC1(C)CC=C(c2cc([C@]3(O)CC4(C)O[C@](C)(C3)[C@H]3OC(C)(C)O[C@H]34)ccc2NC(=O)c2nc(C#N)c[nH]2)CC1. The molecule has 1 aromatic heterocycles.